The van der Waals surface area contributed by atoms with Gasteiger partial charge in [0.1, 0.15) is 0 Å². The largest absolute Gasteiger partial charge is 0.305 e. The molecule has 1 aromatic carbocycles. The van der Waals surface area contributed by atoms with E-state index < -0.39 is 0 Å². The third kappa shape index (κ3) is 3.19. The number of nitrogens with one attached hydrogen (secondary N) is 1. The van der Waals surface area contributed by atoms with E-state index >= 15 is 0 Å². The molecular weight excluding hydrogens is 326 g/mol. The lowest BCUT2D eigenvalue weighted by Gasteiger charge is -2.20. The Morgan fingerprint density at radius 3 is 2.84 bits per heavy atom. The Bertz CT molecular complexity index is 553. The van der Waals surface area contributed by atoms with Crippen LogP contribution in [-0.2, 0) is 6.54 Å². The van der Waals surface area contributed by atoms with Crippen molar-refractivity contribution < 1.29 is 0 Å². The van der Waals surface area contributed by atoms with Crippen LogP contribution < -0.4 is 5.32 Å². The molecule has 0 spiro atoms. The number of aryl methyl sites for hydroxylation is 1. The first kappa shape index (κ1) is 14.6. The highest BCUT2D eigenvalue weighted by Crippen LogP contribution is 2.29. The maximum atomic E-state index is 6.10. The minimum absolute atomic E-state index is 0.0838. The van der Waals surface area contributed by atoms with Crippen LogP contribution in [0.5, 0.6) is 0 Å². The Hall–Kier alpha value is -0.840. The molecule has 0 aliphatic carbocycles. The minimum atomic E-state index is 0.0838. The Morgan fingerprint density at radius 2 is 2.21 bits per heavy atom. The van der Waals surface area contributed by atoms with Crippen LogP contribution >= 0.6 is 27.5 Å². The Kier molecular flexibility index (Phi) is 5.02. The summed E-state index contributed by atoms with van der Waals surface area (Å²) in [5.41, 5.74) is 2.27. The Balaban J connectivity index is 2.48. The van der Waals surface area contributed by atoms with E-state index in [1.165, 1.54) is 0 Å². The summed E-state index contributed by atoms with van der Waals surface area (Å²) >= 11 is 9.69. The van der Waals surface area contributed by atoms with Crippen LogP contribution in [0.3, 0.4) is 0 Å². The second-order valence-electron chi connectivity index (χ2n) is 4.24. The van der Waals surface area contributed by atoms with Gasteiger partial charge in [0.05, 0.1) is 22.4 Å². The van der Waals surface area contributed by atoms with Gasteiger partial charge in [0.2, 0.25) is 0 Å². The molecule has 2 rings (SSSR count). The van der Waals surface area contributed by atoms with Crippen LogP contribution in [0.1, 0.15) is 31.1 Å². The van der Waals surface area contributed by atoms with Gasteiger partial charge in [-0.15, -0.1) is 0 Å². The van der Waals surface area contributed by atoms with Crippen molar-refractivity contribution in [2.45, 2.75) is 26.4 Å². The van der Waals surface area contributed by atoms with Gasteiger partial charge in [-0.25, -0.2) is 0 Å². The lowest BCUT2D eigenvalue weighted by atomic mass is 10.0. The van der Waals surface area contributed by atoms with Crippen LogP contribution in [0.2, 0.25) is 5.02 Å². The normalized spacial score (nSPS) is 12.6. The Labute approximate surface area is 127 Å². The van der Waals surface area contributed by atoms with Crippen molar-refractivity contribution in [3.63, 3.8) is 0 Å². The predicted octanol–water partition coefficient (Wildman–Crippen LogP) is 4.02. The number of hydrogen-bond donors (Lipinski definition) is 1. The van der Waals surface area contributed by atoms with Crippen molar-refractivity contribution in [3.05, 3.63) is 51.2 Å². The van der Waals surface area contributed by atoms with Gasteiger partial charge < -0.3 is 5.32 Å². The van der Waals surface area contributed by atoms with Gasteiger partial charge in [-0.2, -0.15) is 5.10 Å². The van der Waals surface area contributed by atoms with Gasteiger partial charge in [-0.3, -0.25) is 4.68 Å². The highest BCUT2D eigenvalue weighted by Gasteiger charge is 2.20. The standard InChI is InChI=1S/C14H17BrClN3/c1-3-17-13(10-6-5-7-11(16)8-10)14-12(15)9-18-19(14)4-2/h5-9,13,17H,3-4H2,1-2H3. The van der Waals surface area contributed by atoms with E-state index in [1.54, 1.807) is 0 Å². The van der Waals surface area contributed by atoms with Crippen LogP contribution in [-0.4, -0.2) is 16.3 Å². The molecule has 1 aromatic heterocycles. The van der Waals surface area contributed by atoms with Crippen molar-refractivity contribution >= 4 is 27.5 Å². The number of aromatic nitrogens is 2. The van der Waals surface area contributed by atoms with E-state index in [-0.39, 0.29) is 6.04 Å². The molecule has 1 N–H and O–H groups in total. The molecule has 0 aliphatic rings. The first-order valence-electron chi connectivity index (χ1n) is 6.37. The predicted molar refractivity (Wildman–Crippen MR) is 82.6 cm³/mol. The topological polar surface area (TPSA) is 29.9 Å². The lowest BCUT2D eigenvalue weighted by molar-refractivity contribution is 0.541. The van der Waals surface area contributed by atoms with E-state index in [4.69, 9.17) is 11.6 Å². The molecule has 0 bridgehead atoms. The number of hydrogen-bond acceptors (Lipinski definition) is 2. The number of halogens is 2. The second-order valence-corrected chi connectivity index (χ2v) is 5.53. The highest BCUT2D eigenvalue weighted by molar-refractivity contribution is 9.10. The van der Waals surface area contributed by atoms with Gasteiger partial charge in [0.15, 0.2) is 0 Å². The summed E-state index contributed by atoms with van der Waals surface area (Å²) in [5.74, 6) is 0. The SMILES string of the molecule is CCNC(c1cccc(Cl)c1)c1c(Br)cnn1CC. The number of nitrogens with zero attached hydrogens (tertiary/aromatic N) is 2. The van der Waals surface area contributed by atoms with E-state index in [0.29, 0.717) is 0 Å². The highest BCUT2D eigenvalue weighted by atomic mass is 79.9. The van der Waals surface area contributed by atoms with Gasteiger partial charge in [0, 0.05) is 11.6 Å². The van der Waals surface area contributed by atoms with Crippen LogP contribution in [0.4, 0.5) is 0 Å². The zero-order valence-corrected chi connectivity index (χ0v) is 13.4. The summed E-state index contributed by atoms with van der Waals surface area (Å²) in [6.45, 7) is 5.89. The van der Waals surface area contributed by atoms with Crippen LogP contribution in [0.15, 0.2) is 34.9 Å². The summed E-state index contributed by atoms with van der Waals surface area (Å²) in [6.07, 6.45) is 1.84. The summed E-state index contributed by atoms with van der Waals surface area (Å²) in [5, 5.41) is 8.63. The molecule has 0 aliphatic heterocycles. The molecule has 0 saturated heterocycles. The molecular formula is C14H17BrClN3. The van der Waals surface area contributed by atoms with Gasteiger partial charge >= 0.3 is 0 Å². The zero-order valence-electron chi connectivity index (χ0n) is 11.0. The Morgan fingerprint density at radius 1 is 1.42 bits per heavy atom. The molecule has 3 nitrogen and oxygen atoms in total. The molecule has 19 heavy (non-hydrogen) atoms. The molecule has 102 valence electrons. The molecule has 0 radical (unpaired) electrons. The molecule has 0 amide bonds. The van der Waals surface area contributed by atoms with Crippen LogP contribution in [0.25, 0.3) is 0 Å². The number of rotatable bonds is 5. The monoisotopic (exact) mass is 341 g/mol. The molecule has 0 fully saturated rings. The molecule has 2 aromatic rings. The summed E-state index contributed by atoms with van der Waals surface area (Å²) < 4.78 is 3.01. The fraction of sp³-hybridized carbons (Fsp3) is 0.357. The molecule has 5 heteroatoms. The van der Waals surface area contributed by atoms with Crippen molar-refractivity contribution in [2.24, 2.45) is 0 Å². The first-order valence-corrected chi connectivity index (χ1v) is 7.54. The summed E-state index contributed by atoms with van der Waals surface area (Å²) in [6, 6.07) is 8.02. The third-order valence-corrected chi connectivity index (χ3v) is 3.84. The molecule has 1 atom stereocenters. The maximum Gasteiger partial charge on any atom is 0.0760 e. The van der Waals surface area contributed by atoms with Crippen LogP contribution in [0, 0.1) is 0 Å². The van der Waals surface area contributed by atoms with Crippen molar-refractivity contribution in [1.29, 1.82) is 0 Å². The third-order valence-electron chi connectivity index (χ3n) is 3.00. The molecule has 0 saturated carbocycles. The minimum Gasteiger partial charge on any atom is -0.305 e. The van der Waals surface area contributed by atoms with E-state index in [0.717, 1.165) is 33.8 Å². The van der Waals surface area contributed by atoms with Gasteiger partial charge in [-0.05, 0) is 47.1 Å². The van der Waals surface area contributed by atoms with E-state index in [9.17, 15) is 0 Å². The first-order chi connectivity index (χ1) is 9.17. The lowest BCUT2D eigenvalue weighted by Crippen LogP contribution is -2.25. The van der Waals surface area contributed by atoms with E-state index in [2.05, 4.69) is 46.3 Å². The zero-order chi connectivity index (χ0) is 13.8. The fourth-order valence-electron chi connectivity index (χ4n) is 2.17. The average molecular weight is 343 g/mol. The summed E-state index contributed by atoms with van der Waals surface area (Å²) in [4.78, 5) is 0. The maximum absolute atomic E-state index is 6.10. The number of benzene rings is 1. The summed E-state index contributed by atoms with van der Waals surface area (Å²) in [7, 11) is 0. The smallest absolute Gasteiger partial charge is 0.0760 e. The van der Waals surface area contributed by atoms with Gasteiger partial charge in [-0.1, -0.05) is 30.7 Å². The second kappa shape index (κ2) is 6.55. The quantitative estimate of drug-likeness (QED) is 0.889. The van der Waals surface area contributed by atoms with Crippen molar-refractivity contribution in [2.75, 3.05) is 6.54 Å². The van der Waals surface area contributed by atoms with E-state index in [1.807, 2.05) is 29.1 Å². The molecule has 1 heterocycles. The van der Waals surface area contributed by atoms with Crippen molar-refractivity contribution in [1.82, 2.24) is 15.1 Å². The fourth-order valence-corrected chi connectivity index (χ4v) is 2.90. The molecule has 1 unspecified atom stereocenters. The average Bonchev–Trinajstić information content (AvgIpc) is 2.77. The van der Waals surface area contributed by atoms with Gasteiger partial charge in [0.25, 0.3) is 0 Å². The van der Waals surface area contributed by atoms with Crippen molar-refractivity contribution in [3.8, 4) is 0 Å².